The van der Waals surface area contributed by atoms with Crippen molar-refractivity contribution in [1.82, 2.24) is 24.2 Å². The van der Waals surface area contributed by atoms with Crippen molar-refractivity contribution in [3.8, 4) is 11.6 Å². The van der Waals surface area contributed by atoms with E-state index in [0.29, 0.717) is 24.7 Å². The van der Waals surface area contributed by atoms with Gasteiger partial charge in [-0.15, -0.1) is 0 Å². The van der Waals surface area contributed by atoms with Gasteiger partial charge in [0.2, 0.25) is 5.89 Å². The number of hydrogen-bond donors (Lipinski definition) is 0. The maximum absolute atomic E-state index is 12.9. The van der Waals surface area contributed by atoms with Crippen molar-refractivity contribution in [3.63, 3.8) is 0 Å². The summed E-state index contributed by atoms with van der Waals surface area (Å²) in [5.74, 6) is 1.31. The average Bonchev–Trinajstić information content (AvgIpc) is 3.31. The molecule has 0 saturated heterocycles. The van der Waals surface area contributed by atoms with Crippen LogP contribution in [0.4, 0.5) is 0 Å². The molecule has 0 unspecified atom stereocenters. The molecule has 0 saturated carbocycles. The van der Waals surface area contributed by atoms with Crippen molar-refractivity contribution in [2.75, 3.05) is 6.54 Å². The van der Waals surface area contributed by atoms with E-state index in [1.807, 2.05) is 46.4 Å². The summed E-state index contributed by atoms with van der Waals surface area (Å²) in [5, 5.41) is 4.69. The van der Waals surface area contributed by atoms with Gasteiger partial charge in [-0.05, 0) is 26.0 Å². The van der Waals surface area contributed by atoms with Crippen molar-refractivity contribution in [1.29, 1.82) is 0 Å². The maximum Gasteiger partial charge on any atom is 0.270 e. The molecule has 3 aromatic heterocycles. The number of hydrogen-bond acceptors (Lipinski definition) is 4. The number of aryl methyl sites for hydroxylation is 3. The summed E-state index contributed by atoms with van der Waals surface area (Å²) < 4.78 is 9.53. The molecule has 25 heavy (non-hydrogen) atoms. The molecule has 0 radical (unpaired) electrons. The van der Waals surface area contributed by atoms with Gasteiger partial charge in [0.05, 0.1) is 12.7 Å². The number of oxazole rings is 1. The smallest absolute Gasteiger partial charge is 0.270 e. The number of nitrogens with zero attached hydrogens (tertiary/aromatic N) is 5. The zero-order chi connectivity index (χ0) is 17.6. The fourth-order valence-electron chi connectivity index (χ4n) is 3.41. The lowest BCUT2D eigenvalue weighted by Crippen LogP contribution is -2.37. The summed E-state index contributed by atoms with van der Waals surface area (Å²) in [4.78, 5) is 19.1. The highest BCUT2D eigenvalue weighted by molar-refractivity contribution is 5.93. The number of amides is 1. The van der Waals surface area contributed by atoms with Crippen molar-refractivity contribution >= 4 is 5.91 Å². The third kappa shape index (κ3) is 2.56. The second-order valence-corrected chi connectivity index (χ2v) is 6.35. The van der Waals surface area contributed by atoms with Crippen LogP contribution >= 0.6 is 0 Å². The molecule has 0 spiro atoms. The molecular weight excluding hydrogens is 318 g/mol. The average molecular weight is 339 g/mol. The summed E-state index contributed by atoms with van der Waals surface area (Å²) >= 11 is 0. The molecule has 0 N–H and O–H groups in total. The molecule has 0 aromatic carbocycles. The minimum Gasteiger partial charge on any atom is -0.440 e. The van der Waals surface area contributed by atoms with Gasteiger partial charge >= 0.3 is 0 Å². The molecule has 1 aliphatic heterocycles. The second-order valence-electron chi connectivity index (χ2n) is 6.35. The summed E-state index contributed by atoms with van der Waals surface area (Å²) in [7, 11) is 1.89. The zero-order valence-electron chi connectivity index (χ0n) is 14.7. The fourth-order valence-corrected chi connectivity index (χ4v) is 3.41. The first kappa shape index (κ1) is 15.7. The third-order valence-corrected chi connectivity index (χ3v) is 4.71. The predicted molar refractivity (Wildman–Crippen MR) is 92.0 cm³/mol. The molecule has 1 amide bonds. The summed E-state index contributed by atoms with van der Waals surface area (Å²) in [5.41, 5.74) is 3.65. The van der Waals surface area contributed by atoms with E-state index in [0.717, 1.165) is 30.0 Å². The van der Waals surface area contributed by atoms with E-state index in [1.165, 1.54) is 5.69 Å². The van der Waals surface area contributed by atoms with Crippen LogP contribution in [0.3, 0.4) is 0 Å². The second kappa shape index (κ2) is 5.91. The monoisotopic (exact) mass is 339 g/mol. The first-order chi connectivity index (χ1) is 12.1. The van der Waals surface area contributed by atoms with E-state index in [2.05, 4.69) is 17.0 Å². The van der Waals surface area contributed by atoms with Gasteiger partial charge in [-0.1, -0.05) is 0 Å². The molecule has 0 aliphatic carbocycles. The van der Waals surface area contributed by atoms with Crippen LogP contribution in [-0.2, 0) is 26.6 Å². The molecule has 7 heteroatoms. The Hall–Kier alpha value is -2.83. The SMILES string of the molecule is CCn1nc(-c2ncc(C)o2)c2c1CCN(C(=O)c1cccn1C)C2. The summed E-state index contributed by atoms with van der Waals surface area (Å²) in [6.45, 7) is 5.93. The van der Waals surface area contributed by atoms with E-state index >= 15 is 0 Å². The van der Waals surface area contributed by atoms with E-state index in [4.69, 9.17) is 4.42 Å². The largest absolute Gasteiger partial charge is 0.440 e. The highest BCUT2D eigenvalue weighted by Gasteiger charge is 2.30. The van der Waals surface area contributed by atoms with Crippen LogP contribution in [0.25, 0.3) is 11.6 Å². The van der Waals surface area contributed by atoms with Gasteiger partial charge in [0.25, 0.3) is 5.91 Å². The molecule has 0 atom stereocenters. The Kier molecular flexibility index (Phi) is 3.71. The quantitative estimate of drug-likeness (QED) is 0.735. The zero-order valence-corrected chi connectivity index (χ0v) is 14.7. The van der Waals surface area contributed by atoms with E-state index in [-0.39, 0.29) is 5.91 Å². The topological polar surface area (TPSA) is 69.1 Å². The van der Waals surface area contributed by atoms with Crippen molar-refractivity contribution in [3.05, 3.63) is 47.2 Å². The third-order valence-electron chi connectivity index (χ3n) is 4.71. The van der Waals surface area contributed by atoms with Gasteiger partial charge in [-0.2, -0.15) is 5.10 Å². The van der Waals surface area contributed by atoms with Crippen molar-refractivity contribution < 1.29 is 9.21 Å². The Labute approximate surface area is 145 Å². The van der Waals surface area contributed by atoms with Gasteiger partial charge in [0, 0.05) is 44.0 Å². The molecule has 0 fully saturated rings. The van der Waals surface area contributed by atoms with Crippen LogP contribution in [-0.4, -0.2) is 36.7 Å². The van der Waals surface area contributed by atoms with Crippen LogP contribution in [0.1, 0.15) is 34.4 Å². The van der Waals surface area contributed by atoms with E-state index in [1.54, 1.807) is 6.20 Å². The number of aromatic nitrogens is 4. The van der Waals surface area contributed by atoms with Gasteiger partial charge in [-0.25, -0.2) is 4.98 Å². The molecule has 4 rings (SSSR count). The molecule has 1 aliphatic rings. The highest BCUT2D eigenvalue weighted by Crippen LogP contribution is 2.30. The maximum atomic E-state index is 12.9. The van der Waals surface area contributed by atoms with Crippen LogP contribution in [0.5, 0.6) is 0 Å². The van der Waals surface area contributed by atoms with Crippen LogP contribution in [0.2, 0.25) is 0 Å². The van der Waals surface area contributed by atoms with Gasteiger partial charge in [-0.3, -0.25) is 9.48 Å². The Morgan fingerprint density at radius 2 is 2.24 bits per heavy atom. The molecule has 4 heterocycles. The Morgan fingerprint density at radius 1 is 1.40 bits per heavy atom. The fraction of sp³-hybridized carbons (Fsp3) is 0.389. The normalized spacial score (nSPS) is 14.0. The van der Waals surface area contributed by atoms with Crippen LogP contribution in [0, 0.1) is 6.92 Å². The van der Waals surface area contributed by atoms with Gasteiger partial charge < -0.3 is 13.9 Å². The van der Waals surface area contributed by atoms with Gasteiger partial charge in [0.1, 0.15) is 11.5 Å². The molecule has 3 aromatic rings. The van der Waals surface area contributed by atoms with Crippen molar-refractivity contribution in [2.45, 2.75) is 33.4 Å². The number of carbonyl (C=O) groups excluding carboxylic acids is 1. The Morgan fingerprint density at radius 3 is 2.88 bits per heavy atom. The minimum absolute atomic E-state index is 0.0388. The lowest BCUT2D eigenvalue weighted by Gasteiger charge is -2.27. The standard InChI is InChI=1S/C18H21N5O2/c1-4-23-14-7-9-22(18(24)15-6-5-8-21(15)3)11-13(14)16(20-23)17-19-10-12(2)25-17/h5-6,8,10H,4,7,9,11H2,1-3H3. The highest BCUT2D eigenvalue weighted by atomic mass is 16.4. The minimum atomic E-state index is 0.0388. The Balaban J connectivity index is 1.71. The van der Waals surface area contributed by atoms with Crippen LogP contribution < -0.4 is 0 Å². The number of rotatable bonds is 3. The molecule has 0 bridgehead atoms. The van der Waals surface area contributed by atoms with E-state index in [9.17, 15) is 4.79 Å². The predicted octanol–water partition coefficient (Wildman–Crippen LogP) is 2.40. The molecule has 7 nitrogen and oxygen atoms in total. The van der Waals surface area contributed by atoms with E-state index < -0.39 is 0 Å². The summed E-state index contributed by atoms with van der Waals surface area (Å²) in [6, 6.07) is 3.74. The molecular formula is C18H21N5O2. The first-order valence-corrected chi connectivity index (χ1v) is 8.50. The first-order valence-electron chi connectivity index (χ1n) is 8.50. The van der Waals surface area contributed by atoms with Crippen molar-refractivity contribution in [2.24, 2.45) is 7.05 Å². The summed E-state index contributed by atoms with van der Waals surface area (Å²) in [6.07, 6.45) is 4.37. The van der Waals surface area contributed by atoms with Gasteiger partial charge in [0.15, 0.2) is 5.69 Å². The van der Waals surface area contributed by atoms with Crippen LogP contribution in [0.15, 0.2) is 28.9 Å². The Bertz CT molecular complexity index is 933. The molecule has 130 valence electrons. The number of carbonyl (C=O) groups is 1. The lowest BCUT2D eigenvalue weighted by molar-refractivity contribution is 0.0724. The lowest BCUT2D eigenvalue weighted by atomic mass is 10.0. The number of fused-ring (bicyclic) bond motifs is 1.